The first kappa shape index (κ1) is 20.7. The van der Waals surface area contributed by atoms with Crippen molar-refractivity contribution in [2.45, 2.75) is 32.9 Å². The van der Waals surface area contributed by atoms with Gasteiger partial charge < -0.3 is 9.88 Å². The molecule has 0 aliphatic heterocycles. The van der Waals surface area contributed by atoms with Crippen molar-refractivity contribution in [2.24, 2.45) is 0 Å². The predicted molar refractivity (Wildman–Crippen MR) is 127 cm³/mol. The lowest BCUT2D eigenvalue weighted by Crippen LogP contribution is -2.26. The highest BCUT2D eigenvalue weighted by atomic mass is 32.2. The van der Waals surface area contributed by atoms with Crippen LogP contribution in [0.1, 0.15) is 25.0 Å². The number of fused-ring (bicyclic) bond motifs is 3. The SMILES string of the molecule is CCN(CC)CCSc1nc2c([nH]c3ccccc32)c(=O)n1-c1cc(C)ccc1C. The number of rotatable bonds is 7. The molecule has 4 rings (SSSR count). The van der Waals surface area contributed by atoms with E-state index in [0.717, 1.165) is 63.8 Å². The van der Waals surface area contributed by atoms with Gasteiger partial charge in [-0.15, -0.1) is 0 Å². The zero-order valence-corrected chi connectivity index (χ0v) is 18.8. The average molecular weight is 421 g/mol. The fourth-order valence-electron chi connectivity index (χ4n) is 3.82. The Balaban J connectivity index is 1.90. The summed E-state index contributed by atoms with van der Waals surface area (Å²) in [5.41, 5.74) is 5.29. The molecule has 0 saturated heterocycles. The van der Waals surface area contributed by atoms with Crippen LogP contribution in [0.15, 0.2) is 52.4 Å². The van der Waals surface area contributed by atoms with Crippen molar-refractivity contribution in [3.8, 4) is 5.69 Å². The Morgan fingerprint density at radius 3 is 2.63 bits per heavy atom. The lowest BCUT2D eigenvalue weighted by atomic mass is 10.1. The normalized spacial score (nSPS) is 11.8. The summed E-state index contributed by atoms with van der Waals surface area (Å²) in [6.45, 7) is 11.5. The van der Waals surface area contributed by atoms with Gasteiger partial charge in [0.1, 0.15) is 11.0 Å². The number of H-pyrrole nitrogens is 1. The highest BCUT2D eigenvalue weighted by Gasteiger charge is 2.18. The fourth-order valence-corrected chi connectivity index (χ4v) is 4.82. The first-order valence-electron chi connectivity index (χ1n) is 10.5. The van der Waals surface area contributed by atoms with Crippen LogP contribution >= 0.6 is 11.8 Å². The van der Waals surface area contributed by atoms with Crippen LogP contribution in [0.4, 0.5) is 0 Å². The summed E-state index contributed by atoms with van der Waals surface area (Å²) < 4.78 is 1.78. The molecule has 2 heterocycles. The maximum Gasteiger partial charge on any atom is 0.283 e. The maximum atomic E-state index is 13.7. The van der Waals surface area contributed by atoms with Crippen LogP contribution in [0.25, 0.3) is 27.6 Å². The van der Waals surface area contributed by atoms with Crippen LogP contribution in [-0.4, -0.2) is 44.8 Å². The number of aryl methyl sites for hydroxylation is 2. The summed E-state index contributed by atoms with van der Waals surface area (Å²) in [7, 11) is 0. The van der Waals surface area contributed by atoms with Crippen LogP contribution in [0.2, 0.25) is 0 Å². The Bertz CT molecular complexity index is 1250. The molecule has 5 nitrogen and oxygen atoms in total. The first-order valence-corrected chi connectivity index (χ1v) is 11.5. The lowest BCUT2D eigenvalue weighted by molar-refractivity contribution is 0.324. The van der Waals surface area contributed by atoms with Crippen molar-refractivity contribution in [3.63, 3.8) is 0 Å². The van der Waals surface area contributed by atoms with Crippen molar-refractivity contribution in [1.29, 1.82) is 0 Å². The van der Waals surface area contributed by atoms with Gasteiger partial charge in [0.05, 0.1) is 5.69 Å². The van der Waals surface area contributed by atoms with Gasteiger partial charge in [-0.3, -0.25) is 9.36 Å². The van der Waals surface area contributed by atoms with Gasteiger partial charge in [-0.25, -0.2) is 4.98 Å². The van der Waals surface area contributed by atoms with Crippen LogP contribution in [0.3, 0.4) is 0 Å². The first-order chi connectivity index (χ1) is 14.5. The topological polar surface area (TPSA) is 53.9 Å². The molecule has 4 aromatic rings. The molecule has 156 valence electrons. The molecule has 6 heteroatoms. The molecule has 0 atom stereocenters. The minimum atomic E-state index is -0.0461. The van der Waals surface area contributed by atoms with E-state index in [9.17, 15) is 4.79 Å². The van der Waals surface area contributed by atoms with Crippen LogP contribution in [0, 0.1) is 13.8 Å². The van der Waals surface area contributed by atoms with E-state index in [0.29, 0.717) is 5.52 Å². The van der Waals surface area contributed by atoms with Gasteiger partial charge in [0.25, 0.3) is 5.56 Å². The largest absolute Gasteiger partial charge is 0.349 e. The number of aromatic nitrogens is 3. The van der Waals surface area contributed by atoms with E-state index in [1.165, 1.54) is 0 Å². The van der Waals surface area contributed by atoms with E-state index in [2.05, 4.69) is 48.9 Å². The highest BCUT2D eigenvalue weighted by molar-refractivity contribution is 7.99. The Hall–Kier alpha value is -2.57. The van der Waals surface area contributed by atoms with E-state index in [1.807, 2.05) is 31.2 Å². The van der Waals surface area contributed by atoms with Crippen LogP contribution < -0.4 is 5.56 Å². The molecule has 0 aliphatic rings. The quantitative estimate of drug-likeness (QED) is 0.341. The summed E-state index contributed by atoms with van der Waals surface area (Å²) in [4.78, 5) is 24.3. The van der Waals surface area contributed by atoms with Crippen LogP contribution in [-0.2, 0) is 0 Å². The van der Waals surface area contributed by atoms with Crippen molar-refractivity contribution in [3.05, 3.63) is 63.9 Å². The number of thioether (sulfide) groups is 1. The van der Waals surface area contributed by atoms with Gasteiger partial charge in [0, 0.05) is 23.2 Å². The second-order valence-electron chi connectivity index (χ2n) is 7.59. The predicted octanol–water partition coefficient (Wildman–Crippen LogP) is 4.92. The van der Waals surface area contributed by atoms with Crippen molar-refractivity contribution >= 4 is 33.7 Å². The molecule has 2 aromatic heterocycles. The number of aromatic amines is 1. The Labute approximate surface area is 181 Å². The molecule has 30 heavy (non-hydrogen) atoms. The minimum Gasteiger partial charge on any atom is -0.349 e. The monoisotopic (exact) mass is 420 g/mol. The van der Waals surface area contributed by atoms with E-state index in [-0.39, 0.29) is 5.56 Å². The Morgan fingerprint density at radius 1 is 1.10 bits per heavy atom. The third-order valence-corrected chi connectivity index (χ3v) is 6.55. The molecular weight excluding hydrogens is 392 g/mol. The molecular formula is C24H28N4OS. The Morgan fingerprint density at radius 2 is 1.87 bits per heavy atom. The van der Waals surface area contributed by atoms with Gasteiger partial charge in [-0.2, -0.15) is 0 Å². The number of hydrogen-bond acceptors (Lipinski definition) is 4. The van der Waals surface area contributed by atoms with Crippen LogP contribution in [0.5, 0.6) is 0 Å². The third-order valence-electron chi connectivity index (χ3n) is 5.63. The molecule has 0 bridgehead atoms. The number of nitrogens with zero attached hydrogens (tertiary/aromatic N) is 3. The second-order valence-corrected chi connectivity index (χ2v) is 8.66. The zero-order valence-electron chi connectivity index (χ0n) is 18.0. The summed E-state index contributed by atoms with van der Waals surface area (Å²) >= 11 is 1.65. The number of hydrogen-bond donors (Lipinski definition) is 1. The number of nitrogens with one attached hydrogen (secondary N) is 1. The molecule has 0 saturated carbocycles. The molecule has 1 N–H and O–H groups in total. The summed E-state index contributed by atoms with van der Waals surface area (Å²) in [5, 5.41) is 1.74. The van der Waals surface area contributed by atoms with Crippen molar-refractivity contribution < 1.29 is 0 Å². The molecule has 0 aliphatic carbocycles. The third kappa shape index (κ3) is 3.77. The molecule has 0 fully saturated rings. The minimum absolute atomic E-state index is 0.0461. The van der Waals surface area contributed by atoms with Crippen molar-refractivity contribution in [2.75, 3.05) is 25.4 Å². The molecule has 0 radical (unpaired) electrons. The number of benzene rings is 2. The molecule has 0 amide bonds. The van der Waals surface area contributed by atoms with Crippen molar-refractivity contribution in [1.82, 2.24) is 19.4 Å². The van der Waals surface area contributed by atoms with Gasteiger partial charge in [0.2, 0.25) is 0 Å². The van der Waals surface area contributed by atoms with Gasteiger partial charge in [0.15, 0.2) is 5.16 Å². The average Bonchev–Trinajstić information content (AvgIpc) is 3.12. The van der Waals surface area contributed by atoms with E-state index < -0.39 is 0 Å². The molecule has 0 unspecified atom stereocenters. The fraction of sp³-hybridized carbons (Fsp3) is 0.333. The zero-order chi connectivity index (χ0) is 21.3. The Kier molecular flexibility index (Phi) is 5.97. The van der Waals surface area contributed by atoms with Gasteiger partial charge in [-0.05, 0) is 50.2 Å². The summed E-state index contributed by atoms with van der Waals surface area (Å²) in [6.07, 6.45) is 0. The summed E-state index contributed by atoms with van der Waals surface area (Å²) in [6, 6.07) is 14.2. The van der Waals surface area contributed by atoms with E-state index in [4.69, 9.17) is 4.98 Å². The smallest absolute Gasteiger partial charge is 0.283 e. The van der Waals surface area contributed by atoms with Gasteiger partial charge in [-0.1, -0.05) is 55.9 Å². The summed E-state index contributed by atoms with van der Waals surface area (Å²) in [5.74, 6) is 0.882. The standard InChI is InChI=1S/C24H28N4OS/c1-5-27(6-2)13-14-30-24-26-21-18-9-7-8-10-19(18)25-22(21)23(29)28(24)20-15-16(3)11-12-17(20)4/h7-12,15,25H,5-6,13-14H2,1-4H3. The second kappa shape index (κ2) is 8.66. The van der Waals surface area contributed by atoms with E-state index >= 15 is 0 Å². The maximum absolute atomic E-state index is 13.7. The molecule has 0 spiro atoms. The molecule has 2 aromatic carbocycles. The lowest BCUT2D eigenvalue weighted by Gasteiger charge is -2.18. The van der Waals surface area contributed by atoms with Gasteiger partial charge >= 0.3 is 0 Å². The van der Waals surface area contributed by atoms with E-state index in [1.54, 1.807) is 16.3 Å². The number of para-hydroxylation sites is 1. The highest BCUT2D eigenvalue weighted by Crippen LogP contribution is 2.27.